The number of nitrogens with one attached hydrogen (secondary N) is 1. The highest BCUT2D eigenvalue weighted by atomic mass is 16.5. The van der Waals surface area contributed by atoms with E-state index < -0.39 is 12.6 Å². The molecule has 1 saturated carbocycles. The van der Waals surface area contributed by atoms with Crippen molar-refractivity contribution < 1.29 is 28.9 Å². The number of carboxylic acid groups (broad SMARTS) is 1. The monoisotopic (exact) mass is 323 g/mol. The normalized spacial score (nSPS) is 23.0. The molecule has 0 aliphatic heterocycles. The molecule has 1 fully saturated rings. The summed E-state index contributed by atoms with van der Waals surface area (Å²) in [6, 6.07) is 6.30. The summed E-state index contributed by atoms with van der Waals surface area (Å²) in [5.41, 5.74) is 0.405. The zero-order valence-corrected chi connectivity index (χ0v) is 13.2. The summed E-state index contributed by atoms with van der Waals surface area (Å²) in [6.45, 7) is 2.07. The van der Waals surface area contributed by atoms with Gasteiger partial charge in [-0.1, -0.05) is 6.07 Å². The van der Waals surface area contributed by atoms with Gasteiger partial charge in [-0.2, -0.15) is 0 Å². The molecule has 3 atom stereocenters. The van der Waals surface area contributed by atoms with Crippen molar-refractivity contribution >= 4 is 11.9 Å². The number of ether oxygens (including phenoxy) is 3. The summed E-state index contributed by atoms with van der Waals surface area (Å²) in [4.78, 5) is 22.8. The lowest BCUT2D eigenvalue weighted by Gasteiger charge is -2.43. The Kier molecular flexibility index (Phi) is 5.95. The minimum atomic E-state index is -1.07. The Balaban J connectivity index is 1.93. The lowest BCUT2D eigenvalue weighted by Crippen LogP contribution is -2.61. The lowest BCUT2D eigenvalue weighted by molar-refractivity contribution is -0.139. The molecule has 1 aromatic rings. The minimum absolute atomic E-state index is 0.000495. The topological polar surface area (TPSA) is 94.1 Å². The largest absolute Gasteiger partial charge is 0.482 e. The maximum atomic E-state index is 12.3. The lowest BCUT2D eigenvalue weighted by atomic mass is 9.85. The fourth-order valence-electron chi connectivity index (χ4n) is 2.54. The van der Waals surface area contributed by atoms with Gasteiger partial charge >= 0.3 is 5.97 Å². The standard InChI is InChI=1S/C16H21NO6/c1-3-22-13-8-12(15(13)21-2)17-16(20)10-5-4-6-11(7-10)23-9-14(18)19/h4-7,12-13,15H,3,8-9H2,1-2H3,(H,17,20)(H,18,19). The molecule has 0 radical (unpaired) electrons. The Morgan fingerprint density at radius 3 is 2.83 bits per heavy atom. The van der Waals surface area contributed by atoms with Crippen LogP contribution in [0.25, 0.3) is 0 Å². The summed E-state index contributed by atoms with van der Waals surface area (Å²) in [5, 5.41) is 11.5. The highest BCUT2D eigenvalue weighted by Crippen LogP contribution is 2.27. The van der Waals surface area contributed by atoms with Crippen LogP contribution in [0.5, 0.6) is 5.75 Å². The van der Waals surface area contributed by atoms with Gasteiger partial charge in [0.2, 0.25) is 0 Å². The van der Waals surface area contributed by atoms with Gasteiger partial charge < -0.3 is 24.6 Å². The van der Waals surface area contributed by atoms with E-state index >= 15 is 0 Å². The van der Waals surface area contributed by atoms with Crippen LogP contribution in [0.2, 0.25) is 0 Å². The molecule has 0 spiro atoms. The van der Waals surface area contributed by atoms with E-state index in [1.165, 1.54) is 6.07 Å². The molecule has 3 unspecified atom stereocenters. The molecule has 1 amide bonds. The van der Waals surface area contributed by atoms with Crippen molar-refractivity contribution in [1.82, 2.24) is 5.32 Å². The molecule has 0 heterocycles. The number of carbonyl (C=O) groups excluding carboxylic acids is 1. The van der Waals surface area contributed by atoms with E-state index in [1.54, 1.807) is 25.3 Å². The molecule has 0 saturated heterocycles. The molecular weight excluding hydrogens is 302 g/mol. The predicted octanol–water partition coefficient (Wildman–Crippen LogP) is 1.07. The van der Waals surface area contributed by atoms with Crippen LogP contribution in [0.4, 0.5) is 0 Å². The molecule has 0 bridgehead atoms. The van der Waals surface area contributed by atoms with E-state index in [0.717, 1.165) is 0 Å². The number of methoxy groups -OCH3 is 1. The van der Waals surface area contributed by atoms with Crippen LogP contribution in [0, 0.1) is 0 Å². The molecule has 2 N–H and O–H groups in total. The van der Waals surface area contributed by atoms with Crippen LogP contribution in [0.15, 0.2) is 24.3 Å². The van der Waals surface area contributed by atoms with Crippen LogP contribution in [0.1, 0.15) is 23.7 Å². The molecule has 7 nitrogen and oxygen atoms in total. The summed E-state index contributed by atoms with van der Waals surface area (Å²) >= 11 is 0. The van der Waals surface area contributed by atoms with E-state index in [9.17, 15) is 9.59 Å². The van der Waals surface area contributed by atoms with Gasteiger partial charge in [0.15, 0.2) is 6.61 Å². The number of benzene rings is 1. The highest BCUT2D eigenvalue weighted by Gasteiger charge is 2.43. The van der Waals surface area contributed by atoms with Gasteiger partial charge in [0.25, 0.3) is 5.91 Å². The maximum Gasteiger partial charge on any atom is 0.341 e. The van der Waals surface area contributed by atoms with Gasteiger partial charge in [0.1, 0.15) is 11.9 Å². The maximum absolute atomic E-state index is 12.3. The summed E-state index contributed by atoms with van der Waals surface area (Å²) in [7, 11) is 1.59. The molecule has 2 rings (SSSR count). The average molecular weight is 323 g/mol. The Bertz CT molecular complexity index is 561. The third-order valence-electron chi connectivity index (χ3n) is 3.68. The second-order valence-corrected chi connectivity index (χ2v) is 5.22. The molecule has 126 valence electrons. The predicted molar refractivity (Wildman–Crippen MR) is 81.7 cm³/mol. The fourth-order valence-corrected chi connectivity index (χ4v) is 2.54. The molecule has 1 aliphatic carbocycles. The van der Waals surface area contributed by atoms with Crippen LogP contribution in [-0.2, 0) is 14.3 Å². The van der Waals surface area contributed by atoms with E-state index in [2.05, 4.69) is 5.32 Å². The van der Waals surface area contributed by atoms with Crippen molar-refractivity contribution in [2.45, 2.75) is 31.6 Å². The number of aliphatic carboxylic acids is 1. The van der Waals surface area contributed by atoms with Crippen LogP contribution in [0.3, 0.4) is 0 Å². The smallest absolute Gasteiger partial charge is 0.341 e. The third kappa shape index (κ3) is 4.43. The highest BCUT2D eigenvalue weighted by molar-refractivity contribution is 5.94. The number of amides is 1. The van der Waals surface area contributed by atoms with E-state index in [1.807, 2.05) is 6.92 Å². The molecule has 7 heteroatoms. The van der Waals surface area contributed by atoms with Crippen LogP contribution in [-0.4, -0.2) is 55.6 Å². The van der Waals surface area contributed by atoms with Crippen molar-refractivity contribution in [3.05, 3.63) is 29.8 Å². The van der Waals surface area contributed by atoms with Gasteiger partial charge in [-0.05, 0) is 31.5 Å². The van der Waals surface area contributed by atoms with Gasteiger partial charge in [-0.15, -0.1) is 0 Å². The first kappa shape index (κ1) is 17.2. The van der Waals surface area contributed by atoms with E-state index in [0.29, 0.717) is 24.3 Å². The first-order valence-corrected chi connectivity index (χ1v) is 7.45. The van der Waals surface area contributed by atoms with Crippen molar-refractivity contribution in [2.24, 2.45) is 0 Å². The first-order chi connectivity index (χ1) is 11.0. The Morgan fingerprint density at radius 2 is 2.17 bits per heavy atom. The summed E-state index contributed by atoms with van der Waals surface area (Å²) < 4.78 is 16.0. The molecular formula is C16H21NO6. The van der Waals surface area contributed by atoms with Gasteiger partial charge in [-0.3, -0.25) is 4.79 Å². The van der Waals surface area contributed by atoms with Gasteiger partial charge in [0, 0.05) is 19.3 Å². The van der Waals surface area contributed by atoms with Gasteiger partial charge in [-0.25, -0.2) is 4.79 Å². The second kappa shape index (κ2) is 7.94. The first-order valence-electron chi connectivity index (χ1n) is 7.45. The van der Waals surface area contributed by atoms with Crippen molar-refractivity contribution in [2.75, 3.05) is 20.3 Å². The summed E-state index contributed by atoms with van der Waals surface area (Å²) in [6.07, 6.45) is 0.540. The molecule has 23 heavy (non-hydrogen) atoms. The fraction of sp³-hybridized carbons (Fsp3) is 0.500. The van der Waals surface area contributed by atoms with E-state index in [4.69, 9.17) is 19.3 Å². The molecule has 0 aromatic heterocycles. The second-order valence-electron chi connectivity index (χ2n) is 5.22. The van der Waals surface area contributed by atoms with Crippen molar-refractivity contribution in [1.29, 1.82) is 0 Å². The Hall–Kier alpha value is -2.12. The number of hydrogen-bond donors (Lipinski definition) is 2. The van der Waals surface area contributed by atoms with Crippen LogP contribution >= 0.6 is 0 Å². The SMILES string of the molecule is CCOC1CC(NC(=O)c2cccc(OCC(=O)O)c2)C1OC. The number of carboxylic acids is 1. The van der Waals surface area contributed by atoms with Crippen LogP contribution < -0.4 is 10.1 Å². The minimum Gasteiger partial charge on any atom is -0.482 e. The van der Waals surface area contributed by atoms with Crippen molar-refractivity contribution in [3.63, 3.8) is 0 Å². The number of rotatable bonds is 8. The zero-order valence-electron chi connectivity index (χ0n) is 13.2. The molecule has 1 aliphatic rings. The average Bonchev–Trinajstić information content (AvgIpc) is 2.52. The quantitative estimate of drug-likeness (QED) is 0.743. The number of carbonyl (C=O) groups is 2. The third-order valence-corrected chi connectivity index (χ3v) is 3.68. The van der Waals surface area contributed by atoms with Crippen molar-refractivity contribution in [3.8, 4) is 5.75 Å². The van der Waals surface area contributed by atoms with Gasteiger partial charge in [0.05, 0.1) is 12.1 Å². The number of hydrogen-bond acceptors (Lipinski definition) is 5. The van der Waals surface area contributed by atoms with E-state index in [-0.39, 0.29) is 24.2 Å². The zero-order chi connectivity index (χ0) is 16.8. The molecule has 1 aromatic carbocycles. The Morgan fingerprint density at radius 1 is 1.39 bits per heavy atom. The Labute approximate surface area is 134 Å². The summed E-state index contributed by atoms with van der Waals surface area (Å²) in [5.74, 6) is -0.990.